The standard InChI is InChI=1S/C11H9N5S/c12-11-9(8-2-1-3-17-8)10(15-16-11)7-4-13-6-14-5-7/h1-6H,(H3,12,15,16). The van der Waals surface area contributed by atoms with E-state index in [1.165, 1.54) is 6.33 Å². The number of nitrogens with two attached hydrogens (primary N) is 1. The van der Waals surface area contributed by atoms with E-state index in [0.717, 1.165) is 21.7 Å². The molecule has 0 aromatic carbocycles. The smallest absolute Gasteiger partial charge is 0.154 e. The lowest BCUT2D eigenvalue weighted by molar-refractivity contribution is 1.09. The molecule has 0 unspecified atom stereocenters. The SMILES string of the molecule is Nc1n[nH]c(-c2cncnc2)c1-c1cccs1. The van der Waals surface area contributed by atoms with E-state index in [1.807, 2.05) is 17.5 Å². The fourth-order valence-corrected chi connectivity index (χ4v) is 2.45. The first kappa shape index (κ1) is 9.98. The molecular formula is C11H9N5S. The average Bonchev–Trinajstić information content (AvgIpc) is 2.99. The van der Waals surface area contributed by atoms with Gasteiger partial charge in [0.2, 0.25) is 0 Å². The fraction of sp³-hybridized carbons (Fsp3) is 0. The third kappa shape index (κ3) is 1.68. The van der Waals surface area contributed by atoms with Gasteiger partial charge in [0.15, 0.2) is 5.82 Å². The van der Waals surface area contributed by atoms with Gasteiger partial charge in [0.25, 0.3) is 0 Å². The number of anilines is 1. The molecule has 3 aromatic heterocycles. The second-order valence-electron chi connectivity index (χ2n) is 3.46. The molecule has 84 valence electrons. The van der Waals surface area contributed by atoms with E-state index in [2.05, 4.69) is 20.2 Å². The van der Waals surface area contributed by atoms with Crippen LogP contribution in [0.4, 0.5) is 5.82 Å². The van der Waals surface area contributed by atoms with Crippen molar-refractivity contribution in [2.75, 3.05) is 5.73 Å². The summed E-state index contributed by atoms with van der Waals surface area (Å²) < 4.78 is 0. The van der Waals surface area contributed by atoms with Crippen LogP contribution in [0.15, 0.2) is 36.2 Å². The van der Waals surface area contributed by atoms with Crippen molar-refractivity contribution < 1.29 is 0 Å². The van der Waals surface area contributed by atoms with Crippen LogP contribution >= 0.6 is 11.3 Å². The number of H-pyrrole nitrogens is 1. The third-order valence-corrected chi connectivity index (χ3v) is 3.30. The first-order chi connectivity index (χ1) is 8.36. The predicted molar refractivity (Wildman–Crippen MR) is 67.3 cm³/mol. The molecule has 0 bridgehead atoms. The lowest BCUT2D eigenvalue weighted by Gasteiger charge is -2.00. The van der Waals surface area contributed by atoms with Crippen molar-refractivity contribution in [3.05, 3.63) is 36.2 Å². The number of nitrogen functional groups attached to an aromatic ring is 1. The van der Waals surface area contributed by atoms with Crippen molar-refractivity contribution in [3.8, 4) is 21.7 Å². The summed E-state index contributed by atoms with van der Waals surface area (Å²) in [6.07, 6.45) is 4.96. The normalized spacial score (nSPS) is 10.6. The van der Waals surface area contributed by atoms with Crippen molar-refractivity contribution in [2.24, 2.45) is 0 Å². The monoisotopic (exact) mass is 243 g/mol. The van der Waals surface area contributed by atoms with Gasteiger partial charge in [-0.1, -0.05) is 6.07 Å². The molecule has 0 aliphatic carbocycles. The Morgan fingerprint density at radius 1 is 1.24 bits per heavy atom. The molecule has 5 nitrogen and oxygen atoms in total. The van der Waals surface area contributed by atoms with Crippen molar-refractivity contribution >= 4 is 17.2 Å². The Bertz CT molecular complexity index is 615. The number of rotatable bonds is 2. The summed E-state index contributed by atoms with van der Waals surface area (Å²) >= 11 is 1.62. The van der Waals surface area contributed by atoms with Crippen LogP contribution in [0.2, 0.25) is 0 Å². The molecule has 3 aromatic rings. The molecule has 0 aliphatic rings. The minimum absolute atomic E-state index is 0.492. The van der Waals surface area contributed by atoms with Crippen molar-refractivity contribution in [2.45, 2.75) is 0 Å². The zero-order valence-corrected chi connectivity index (χ0v) is 9.61. The molecule has 0 fully saturated rings. The lowest BCUT2D eigenvalue weighted by atomic mass is 10.1. The van der Waals surface area contributed by atoms with Gasteiger partial charge in [-0.3, -0.25) is 5.10 Å². The molecule has 0 radical (unpaired) electrons. The molecule has 17 heavy (non-hydrogen) atoms. The van der Waals surface area contributed by atoms with E-state index >= 15 is 0 Å². The van der Waals surface area contributed by atoms with Crippen LogP contribution < -0.4 is 5.73 Å². The first-order valence-corrected chi connectivity index (χ1v) is 5.87. The Balaban J connectivity index is 2.20. The zero-order valence-electron chi connectivity index (χ0n) is 8.79. The quantitative estimate of drug-likeness (QED) is 0.722. The highest BCUT2D eigenvalue weighted by Gasteiger charge is 2.15. The molecule has 0 saturated heterocycles. The van der Waals surface area contributed by atoms with Gasteiger partial charge in [0.1, 0.15) is 6.33 Å². The van der Waals surface area contributed by atoms with Crippen LogP contribution in [-0.4, -0.2) is 20.2 Å². The van der Waals surface area contributed by atoms with Gasteiger partial charge in [-0.2, -0.15) is 5.10 Å². The molecule has 0 atom stereocenters. The fourth-order valence-electron chi connectivity index (χ4n) is 1.66. The number of thiophene rings is 1. The molecule has 3 N–H and O–H groups in total. The molecule has 0 spiro atoms. The summed E-state index contributed by atoms with van der Waals surface area (Å²) in [5.41, 5.74) is 8.53. The molecule has 3 rings (SSSR count). The molecule has 3 heterocycles. The summed E-state index contributed by atoms with van der Waals surface area (Å²) in [4.78, 5) is 9.07. The van der Waals surface area contributed by atoms with Crippen molar-refractivity contribution in [3.63, 3.8) is 0 Å². The van der Waals surface area contributed by atoms with Crippen LogP contribution in [0.3, 0.4) is 0 Å². The van der Waals surface area contributed by atoms with E-state index in [1.54, 1.807) is 23.7 Å². The van der Waals surface area contributed by atoms with Crippen LogP contribution in [-0.2, 0) is 0 Å². The largest absolute Gasteiger partial charge is 0.382 e. The minimum atomic E-state index is 0.492. The Morgan fingerprint density at radius 3 is 2.76 bits per heavy atom. The second kappa shape index (κ2) is 3.99. The number of nitrogens with one attached hydrogen (secondary N) is 1. The summed E-state index contributed by atoms with van der Waals surface area (Å²) in [7, 11) is 0. The summed E-state index contributed by atoms with van der Waals surface area (Å²) in [6, 6.07) is 4.00. The van der Waals surface area contributed by atoms with E-state index in [0.29, 0.717) is 5.82 Å². The van der Waals surface area contributed by atoms with Crippen molar-refractivity contribution in [1.29, 1.82) is 0 Å². The summed E-state index contributed by atoms with van der Waals surface area (Å²) in [6.45, 7) is 0. The maximum Gasteiger partial charge on any atom is 0.154 e. The maximum absolute atomic E-state index is 5.89. The minimum Gasteiger partial charge on any atom is -0.382 e. The zero-order chi connectivity index (χ0) is 11.7. The number of aromatic amines is 1. The van der Waals surface area contributed by atoms with Gasteiger partial charge in [0.05, 0.1) is 11.3 Å². The Labute approximate surface area is 101 Å². The van der Waals surface area contributed by atoms with E-state index in [4.69, 9.17) is 5.73 Å². The maximum atomic E-state index is 5.89. The molecule has 0 saturated carbocycles. The Hall–Kier alpha value is -2.21. The summed E-state index contributed by atoms with van der Waals surface area (Å²) in [5.74, 6) is 0.492. The van der Waals surface area contributed by atoms with E-state index in [9.17, 15) is 0 Å². The number of aromatic nitrogens is 4. The lowest BCUT2D eigenvalue weighted by Crippen LogP contribution is -1.87. The Kier molecular flexibility index (Phi) is 2.34. The summed E-state index contributed by atoms with van der Waals surface area (Å²) in [5, 5.41) is 8.99. The molecule has 0 amide bonds. The Morgan fingerprint density at radius 2 is 2.06 bits per heavy atom. The predicted octanol–water partition coefficient (Wildman–Crippen LogP) is 2.18. The number of hydrogen-bond acceptors (Lipinski definition) is 5. The van der Waals surface area contributed by atoms with Crippen LogP contribution in [0.25, 0.3) is 21.7 Å². The highest BCUT2D eigenvalue weighted by Crippen LogP contribution is 2.36. The van der Waals surface area contributed by atoms with E-state index < -0.39 is 0 Å². The molecule has 6 heteroatoms. The van der Waals surface area contributed by atoms with Gasteiger partial charge in [0, 0.05) is 22.8 Å². The third-order valence-electron chi connectivity index (χ3n) is 2.41. The second-order valence-corrected chi connectivity index (χ2v) is 4.41. The van der Waals surface area contributed by atoms with E-state index in [-0.39, 0.29) is 0 Å². The highest BCUT2D eigenvalue weighted by molar-refractivity contribution is 7.13. The highest BCUT2D eigenvalue weighted by atomic mass is 32.1. The number of nitrogens with zero attached hydrogens (tertiary/aromatic N) is 3. The van der Waals surface area contributed by atoms with Crippen molar-refractivity contribution in [1.82, 2.24) is 20.2 Å². The van der Waals surface area contributed by atoms with Crippen LogP contribution in [0.1, 0.15) is 0 Å². The average molecular weight is 243 g/mol. The topological polar surface area (TPSA) is 80.5 Å². The first-order valence-electron chi connectivity index (χ1n) is 4.99. The van der Waals surface area contributed by atoms with Crippen LogP contribution in [0, 0.1) is 0 Å². The van der Waals surface area contributed by atoms with Gasteiger partial charge in [-0.15, -0.1) is 11.3 Å². The van der Waals surface area contributed by atoms with Gasteiger partial charge >= 0.3 is 0 Å². The number of hydrogen-bond donors (Lipinski definition) is 2. The van der Waals surface area contributed by atoms with Crippen LogP contribution in [0.5, 0.6) is 0 Å². The van der Waals surface area contributed by atoms with Gasteiger partial charge in [-0.05, 0) is 11.4 Å². The van der Waals surface area contributed by atoms with Gasteiger partial charge < -0.3 is 5.73 Å². The molecular weight excluding hydrogens is 234 g/mol. The molecule has 0 aliphatic heterocycles. The van der Waals surface area contributed by atoms with Gasteiger partial charge in [-0.25, -0.2) is 9.97 Å².